The van der Waals surface area contributed by atoms with E-state index in [1.807, 2.05) is 104 Å². The van der Waals surface area contributed by atoms with E-state index in [9.17, 15) is 51.9 Å². The molecule has 111 heavy (non-hydrogen) atoms. The number of rotatable bonds is 26. The van der Waals surface area contributed by atoms with Crippen LogP contribution in [0.3, 0.4) is 0 Å². The highest BCUT2D eigenvalue weighted by molar-refractivity contribution is 7.87. The van der Waals surface area contributed by atoms with Gasteiger partial charge >= 0.3 is 47.8 Å². The standard InChI is InChI=1S/C19H32O2.C16H26O3.C15H22O7S.C14H20O4.C14H26O2.C12H24O2/c1-6-18(4,5)17(20)21-19(12(2)3)15-8-13-7-14(10-15)11-16(19)9-13;1-4-14(2,3)13(17)19-16-8-11-5-12(9-16)7-15(18,6-11)10-16;1-4-15(2,3)14(17)20-7-11(16)21-12-8-5-9-10(6-8)23(18,19)22-13(9)12;1-4-14(2,3)13(16)18-10-7-5-8-9(6-7)12(15)17-11(8)10;1-6-13(4,5)12(15)16-14(11(2)3)9-7-8-10-14;1-5-7-8-9-10-14-11(13)12(3,4)6-2/h12-16H,6-11H2,1-5H3;11-12,18H,4-10H2,1-3H3;8-10,12-13H,4-7H2,1-3H3;7-11H,4-6H2,1-3H3;11H,6-10H2,1-5H3;5-10H2,1-4H3. The van der Waals surface area contributed by atoms with Gasteiger partial charge in [0.1, 0.15) is 41.2 Å². The summed E-state index contributed by atoms with van der Waals surface area (Å²) in [6, 6.07) is 0. The molecule has 0 amide bonds. The van der Waals surface area contributed by atoms with Crippen molar-refractivity contribution in [1.29, 1.82) is 0 Å². The van der Waals surface area contributed by atoms with Crippen LogP contribution < -0.4 is 0 Å². The number of carbonyl (C=O) groups excluding carboxylic acids is 8. The number of hydrogen-bond donors (Lipinski definition) is 1. The van der Waals surface area contributed by atoms with Crippen molar-refractivity contribution < 1.29 is 94.0 Å². The Morgan fingerprint density at radius 3 is 1.42 bits per heavy atom. The van der Waals surface area contributed by atoms with Crippen LogP contribution in [0.25, 0.3) is 0 Å². The van der Waals surface area contributed by atoms with Gasteiger partial charge in [0.05, 0.1) is 55.9 Å². The minimum absolute atomic E-state index is 0.0130. The first-order chi connectivity index (χ1) is 51.5. The average Bonchev–Trinajstić information content (AvgIpc) is 1.16. The van der Waals surface area contributed by atoms with E-state index >= 15 is 0 Å². The van der Waals surface area contributed by atoms with E-state index in [1.54, 1.807) is 13.8 Å². The van der Waals surface area contributed by atoms with Crippen LogP contribution in [0.2, 0.25) is 0 Å². The zero-order valence-corrected chi connectivity index (χ0v) is 73.7. The van der Waals surface area contributed by atoms with Gasteiger partial charge in [-0.25, -0.2) is 4.79 Å². The SMILES string of the molecule is CCC(C)(C)C(=O)OC1(C(C)C)C2CC3CC(C2)CC1C3.CCC(C)(C)C(=O)OC1(C(C)C)CCCC1.CCC(C)(C)C(=O)OC12CC3CC(CC(O)(C3)C1)C2.CCC(C)(C)C(=O)OC1C2CC3C(=O)OC1C3C2.CCC(C)(C)C(=O)OCC(=O)OC1C2CC3C1OS(=O)(=O)C3C2.CCCCCCOC(=O)C(C)(C)CC. The molecule has 2 aliphatic heterocycles. The first-order valence-corrected chi connectivity index (χ1v) is 45.3. The predicted octanol–water partition coefficient (Wildman–Crippen LogP) is 18.3. The van der Waals surface area contributed by atoms with Gasteiger partial charge in [-0.15, -0.1) is 0 Å². The van der Waals surface area contributed by atoms with E-state index < -0.39 is 68.0 Å². The van der Waals surface area contributed by atoms with Crippen LogP contribution in [0.15, 0.2) is 0 Å². The number of esters is 8. The minimum Gasteiger partial charge on any atom is -0.465 e. The van der Waals surface area contributed by atoms with Crippen molar-refractivity contribution in [2.75, 3.05) is 13.2 Å². The molecule has 2 saturated heterocycles. The van der Waals surface area contributed by atoms with Crippen LogP contribution in [0, 0.1) is 109 Å². The van der Waals surface area contributed by atoms with Crippen molar-refractivity contribution in [2.24, 2.45) is 109 Å². The molecule has 0 aromatic rings. The lowest BCUT2D eigenvalue weighted by Gasteiger charge is -2.62. The van der Waals surface area contributed by atoms with E-state index in [1.165, 1.54) is 64.2 Å². The minimum atomic E-state index is -3.53. The number of unbranched alkanes of at least 4 members (excludes halogenated alkanes) is 3. The third-order valence-electron chi connectivity index (χ3n) is 30.2. The summed E-state index contributed by atoms with van der Waals surface area (Å²) in [4.78, 5) is 96.3. The van der Waals surface area contributed by atoms with Crippen LogP contribution in [-0.2, 0) is 90.6 Å². The quantitative estimate of drug-likeness (QED) is 0.0365. The summed E-state index contributed by atoms with van der Waals surface area (Å²) in [5.41, 5.74) is -3.78. The lowest BCUT2D eigenvalue weighted by molar-refractivity contribution is -0.231. The fourth-order valence-corrected chi connectivity index (χ4v) is 22.7. The predicted molar refractivity (Wildman–Crippen MR) is 425 cm³/mol. The fourth-order valence-electron chi connectivity index (χ4n) is 20.8. The summed E-state index contributed by atoms with van der Waals surface area (Å²) in [5, 5.41) is 10.2. The molecule has 21 heteroatoms. The topological polar surface area (TPSA) is 274 Å². The van der Waals surface area contributed by atoms with E-state index in [0.717, 1.165) is 108 Å². The van der Waals surface area contributed by atoms with Crippen LogP contribution in [0.4, 0.5) is 0 Å². The maximum atomic E-state index is 12.8. The first-order valence-electron chi connectivity index (χ1n) is 43.8. The molecule has 12 atom stereocenters. The Hall–Kier alpha value is -4.37. The molecule has 13 aliphatic carbocycles. The Morgan fingerprint density at radius 1 is 0.486 bits per heavy atom. The lowest BCUT2D eigenvalue weighted by atomic mass is 9.47. The second-order valence-corrected chi connectivity index (χ2v) is 43.0. The normalized spacial score (nSPS) is 34.1. The Kier molecular flexibility index (Phi) is 29.7. The van der Waals surface area contributed by atoms with Gasteiger partial charge in [-0.05, 0) is 291 Å². The van der Waals surface area contributed by atoms with E-state index in [0.29, 0.717) is 79.6 Å². The molecule has 12 unspecified atom stereocenters. The zero-order chi connectivity index (χ0) is 82.8. The highest BCUT2D eigenvalue weighted by atomic mass is 32.2. The Labute approximate surface area is 668 Å². The summed E-state index contributed by atoms with van der Waals surface area (Å²) in [5.74, 6) is 4.18. The molecular weight excluding hydrogens is 1430 g/mol. The summed E-state index contributed by atoms with van der Waals surface area (Å²) < 4.78 is 73.7. The second kappa shape index (κ2) is 35.8. The largest absolute Gasteiger partial charge is 0.465 e. The molecule has 20 nitrogen and oxygen atoms in total. The third kappa shape index (κ3) is 20.6. The maximum absolute atomic E-state index is 12.8. The van der Waals surface area contributed by atoms with Crippen molar-refractivity contribution in [1.82, 2.24) is 0 Å². The molecule has 0 radical (unpaired) electrons. The van der Waals surface area contributed by atoms with Crippen LogP contribution in [0.5, 0.6) is 0 Å². The van der Waals surface area contributed by atoms with Gasteiger partial charge < -0.3 is 43.0 Å². The zero-order valence-electron chi connectivity index (χ0n) is 72.9. The van der Waals surface area contributed by atoms with Crippen molar-refractivity contribution in [2.45, 2.75) is 398 Å². The monoisotopic (exact) mass is 1580 g/mol. The van der Waals surface area contributed by atoms with Gasteiger partial charge in [0, 0.05) is 30.1 Å². The van der Waals surface area contributed by atoms with Crippen molar-refractivity contribution in [3.05, 3.63) is 0 Å². The van der Waals surface area contributed by atoms with Crippen LogP contribution >= 0.6 is 0 Å². The van der Waals surface area contributed by atoms with Crippen molar-refractivity contribution in [3.63, 3.8) is 0 Å². The summed E-state index contributed by atoms with van der Waals surface area (Å²) >= 11 is 0. The number of carbonyl (C=O) groups is 8. The van der Waals surface area contributed by atoms with Gasteiger partial charge in [-0.3, -0.25) is 37.7 Å². The van der Waals surface area contributed by atoms with E-state index in [-0.39, 0.29) is 98.8 Å². The summed E-state index contributed by atoms with van der Waals surface area (Å²) in [6.45, 7) is 46.2. The molecular formula is C90H150O20S. The van der Waals surface area contributed by atoms with E-state index in [4.69, 9.17) is 42.1 Å². The molecule has 15 rings (SSSR count). The number of hydrogen-bond acceptors (Lipinski definition) is 20. The van der Waals surface area contributed by atoms with Gasteiger partial charge in [-0.1, -0.05) is 95.4 Å². The molecule has 636 valence electrons. The molecule has 0 spiro atoms. The molecule has 0 aromatic heterocycles. The Morgan fingerprint density at radius 2 is 0.937 bits per heavy atom. The number of aliphatic hydroxyl groups is 1. The number of ether oxygens (including phenoxy) is 8. The Balaban J connectivity index is 0.000000169. The van der Waals surface area contributed by atoms with Gasteiger partial charge in [0.2, 0.25) is 0 Å². The van der Waals surface area contributed by atoms with Gasteiger partial charge in [0.15, 0.2) is 6.61 Å². The Bertz CT molecular complexity index is 3310. The number of fused-ring (bicyclic) bond motifs is 2. The fraction of sp³-hybridized carbons (Fsp3) is 0.911. The average molecular weight is 1580 g/mol. The molecule has 15 aliphatic rings. The summed E-state index contributed by atoms with van der Waals surface area (Å²) in [6.07, 6.45) is 27.5. The maximum Gasteiger partial charge on any atom is 0.344 e. The van der Waals surface area contributed by atoms with Crippen molar-refractivity contribution in [3.8, 4) is 0 Å². The molecule has 13 saturated carbocycles. The van der Waals surface area contributed by atoms with Gasteiger partial charge in [0.25, 0.3) is 10.1 Å². The molecule has 12 bridgehead atoms. The second-order valence-electron chi connectivity index (χ2n) is 41.2. The van der Waals surface area contributed by atoms with Crippen LogP contribution in [0.1, 0.15) is 345 Å². The summed E-state index contributed by atoms with van der Waals surface area (Å²) in [7, 11) is -3.53. The van der Waals surface area contributed by atoms with Gasteiger partial charge in [-0.2, -0.15) is 8.42 Å². The molecule has 1 N–H and O–H groups in total. The molecule has 0 aromatic carbocycles. The molecule has 15 fully saturated rings. The molecule has 2 heterocycles. The lowest BCUT2D eigenvalue weighted by Crippen LogP contribution is -2.63. The smallest absolute Gasteiger partial charge is 0.344 e. The highest BCUT2D eigenvalue weighted by Crippen LogP contribution is 2.64. The first kappa shape index (κ1) is 92.1. The van der Waals surface area contributed by atoms with Crippen molar-refractivity contribution >= 4 is 57.9 Å². The van der Waals surface area contributed by atoms with Crippen LogP contribution in [-0.4, -0.2) is 127 Å². The highest BCUT2D eigenvalue weighted by Gasteiger charge is 2.67. The van der Waals surface area contributed by atoms with E-state index in [2.05, 4.69) is 41.5 Å². The third-order valence-corrected chi connectivity index (χ3v) is 32.0.